The standard InChI is InChI=1S/C22H23BrN2O3S/c1-3-5-15-6-11-20(18(23)12-15)28-13-21(26)25-22-24-19(14-29-22)16-7-9-17(10-8-16)27-4-2/h6-12,14H,3-5,13H2,1-2H3,(H,24,25,26). The fourth-order valence-electron chi connectivity index (χ4n) is 2.76. The maximum absolute atomic E-state index is 12.2. The second-order valence-electron chi connectivity index (χ2n) is 6.35. The quantitative estimate of drug-likeness (QED) is 0.416. The molecule has 0 aliphatic heterocycles. The molecule has 1 N–H and O–H groups in total. The van der Waals surface area contributed by atoms with Gasteiger partial charge in [0.1, 0.15) is 11.5 Å². The molecule has 0 spiro atoms. The van der Waals surface area contributed by atoms with Gasteiger partial charge in [-0.15, -0.1) is 11.3 Å². The number of ether oxygens (including phenoxy) is 2. The molecule has 1 aromatic heterocycles. The number of anilines is 1. The van der Waals surface area contributed by atoms with E-state index in [0.717, 1.165) is 34.3 Å². The van der Waals surface area contributed by atoms with Crippen LogP contribution in [0.15, 0.2) is 52.3 Å². The Labute approximate surface area is 183 Å². The van der Waals surface area contributed by atoms with Crippen molar-refractivity contribution in [3.8, 4) is 22.8 Å². The minimum Gasteiger partial charge on any atom is -0.494 e. The lowest BCUT2D eigenvalue weighted by atomic mass is 10.1. The number of aromatic nitrogens is 1. The molecule has 0 aliphatic rings. The maximum Gasteiger partial charge on any atom is 0.264 e. The summed E-state index contributed by atoms with van der Waals surface area (Å²) in [4.78, 5) is 16.7. The summed E-state index contributed by atoms with van der Waals surface area (Å²) in [6.07, 6.45) is 2.10. The first-order valence-electron chi connectivity index (χ1n) is 9.49. The molecule has 3 aromatic rings. The van der Waals surface area contributed by atoms with Crippen LogP contribution in [0.5, 0.6) is 11.5 Å². The van der Waals surface area contributed by atoms with E-state index in [1.54, 1.807) is 0 Å². The number of benzene rings is 2. The number of aryl methyl sites for hydroxylation is 1. The van der Waals surface area contributed by atoms with Gasteiger partial charge in [0.15, 0.2) is 11.7 Å². The number of nitrogens with zero attached hydrogens (tertiary/aromatic N) is 1. The minimum atomic E-state index is -0.248. The van der Waals surface area contributed by atoms with Crippen molar-refractivity contribution in [2.75, 3.05) is 18.5 Å². The van der Waals surface area contributed by atoms with Gasteiger partial charge in [-0.2, -0.15) is 0 Å². The maximum atomic E-state index is 12.2. The average molecular weight is 475 g/mol. The highest BCUT2D eigenvalue weighted by molar-refractivity contribution is 9.10. The van der Waals surface area contributed by atoms with Crippen molar-refractivity contribution < 1.29 is 14.3 Å². The lowest BCUT2D eigenvalue weighted by molar-refractivity contribution is -0.118. The summed E-state index contributed by atoms with van der Waals surface area (Å²) in [5.41, 5.74) is 3.02. The summed E-state index contributed by atoms with van der Waals surface area (Å²) in [5, 5.41) is 5.24. The van der Waals surface area contributed by atoms with Gasteiger partial charge in [-0.3, -0.25) is 10.1 Å². The third kappa shape index (κ3) is 6.05. The van der Waals surface area contributed by atoms with Gasteiger partial charge < -0.3 is 9.47 Å². The predicted octanol–water partition coefficient (Wildman–Crippen LogP) is 5.94. The van der Waals surface area contributed by atoms with E-state index in [1.807, 2.05) is 54.8 Å². The van der Waals surface area contributed by atoms with Gasteiger partial charge in [0.05, 0.1) is 16.8 Å². The van der Waals surface area contributed by atoms with Crippen LogP contribution in [0, 0.1) is 0 Å². The molecule has 3 rings (SSSR count). The Bertz CT molecular complexity index is 957. The Morgan fingerprint density at radius 3 is 2.62 bits per heavy atom. The number of amides is 1. The predicted molar refractivity (Wildman–Crippen MR) is 121 cm³/mol. The van der Waals surface area contributed by atoms with Gasteiger partial charge in [0.25, 0.3) is 5.91 Å². The smallest absolute Gasteiger partial charge is 0.264 e. The highest BCUT2D eigenvalue weighted by atomic mass is 79.9. The van der Waals surface area contributed by atoms with Crippen LogP contribution in [0.2, 0.25) is 0 Å². The number of rotatable bonds is 9. The second kappa shape index (κ2) is 10.4. The molecule has 2 aromatic carbocycles. The third-order valence-corrected chi connectivity index (χ3v) is 5.48. The van der Waals surface area contributed by atoms with E-state index in [9.17, 15) is 4.79 Å². The molecule has 152 valence electrons. The molecule has 0 unspecified atom stereocenters. The molecule has 0 fully saturated rings. The van der Waals surface area contributed by atoms with E-state index in [1.165, 1.54) is 16.9 Å². The lowest BCUT2D eigenvalue weighted by Crippen LogP contribution is -2.20. The van der Waals surface area contributed by atoms with Crippen LogP contribution < -0.4 is 14.8 Å². The van der Waals surface area contributed by atoms with Crippen LogP contribution in [0.4, 0.5) is 5.13 Å². The number of carbonyl (C=O) groups excluding carboxylic acids is 1. The van der Waals surface area contributed by atoms with Crippen molar-refractivity contribution in [3.63, 3.8) is 0 Å². The number of carbonyl (C=O) groups is 1. The monoisotopic (exact) mass is 474 g/mol. The molecule has 1 amide bonds. The summed E-state index contributed by atoms with van der Waals surface area (Å²) >= 11 is 4.88. The second-order valence-corrected chi connectivity index (χ2v) is 8.06. The Hall–Kier alpha value is -2.38. The zero-order chi connectivity index (χ0) is 20.6. The van der Waals surface area contributed by atoms with E-state index in [-0.39, 0.29) is 12.5 Å². The first-order chi connectivity index (χ1) is 14.1. The Balaban J connectivity index is 1.55. The van der Waals surface area contributed by atoms with Crippen molar-refractivity contribution in [2.24, 2.45) is 0 Å². The van der Waals surface area contributed by atoms with Crippen molar-refractivity contribution in [1.82, 2.24) is 4.98 Å². The van der Waals surface area contributed by atoms with Crippen LogP contribution >= 0.6 is 27.3 Å². The van der Waals surface area contributed by atoms with E-state index in [0.29, 0.717) is 17.5 Å². The third-order valence-electron chi connectivity index (χ3n) is 4.11. The van der Waals surface area contributed by atoms with Crippen LogP contribution in [0.1, 0.15) is 25.8 Å². The van der Waals surface area contributed by atoms with Gasteiger partial charge in [-0.1, -0.05) is 19.4 Å². The number of nitrogens with one attached hydrogen (secondary N) is 1. The molecule has 5 nitrogen and oxygen atoms in total. The molecular weight excluding hydrogens is 452 g/mol. The van der Waals surface area contributed by atoms with Crippen molar-refractivity contribution >= 4 is 38.3 Å². The van der Waals surface area contributed by atoms with Gasteiger partial charge >= 0.3 is 0 Å². The van der Waals surface area contributed by atoms with Crippen molar-refractivity contribution in [3.05, 3.63) is 57.9 Å². The SMILES string of the molecule is CCCc1ccc(OCC(=O)Nc2nc(-c3ccc(OCC)cc3)cs2)c(Br)c1. The first kappa shape index (κ1) is 21.3. The molecule has 0 saturated carbocycles. The Morgan fingerprint density at radius 2 is 1.93 bits per heavy atom. The summed E-state index contributed by atoms with van der Waals surface area (Å²) in [5.74, 6) is 1.22. The van der Waals surface area contributed by atoms with Gasteiger partial charge in [-0.05, 0) is 71.2 Å². The zero-order valence-electron chi connectivity index (χ0n) is 16.4. The summed E-state index contributed by atoms with van der Waals surface area (Å²) in [6.45, 7) is 4.65. The van der Waals surface area contributed by atoms with E-state index in [2.05, 4.69) is 33.2 Å². The van der Waals surface area contributed by atoms with E-state index >= 15 is 0 Å². The van der Waals surface area contributed by atoms with Crippen LogP contribution in [0.25, 0.3) is 11.3 Å². The molecule has 7 heteroatoms. The number of thiazole rings is 1. The molecule has 0 aliphatic carbocycles. The Kier molecular flexibility index (Phi) is 7.66. The fraction of sp³-hybridized carbons (Fsp3) is 0.273. The largest absolute Gasteiger partial charge is 0.494 e. The fourth-order valence-corrected chi connectivity index (χ4v) is 4.03. The van der Waals surface area contributed by atoms with Crippen LogP contribution in [0.3, 0.4) is 0 Å². The number of hydrogen-bond donors (Lipinski definition) is 1. The van der Waals surface area contributed by atoms with Crippen LogP contribution in [-0.4, -0.2) is 24.1 Å². The highest BCUT2D eigenvalue weighted by Crippen LogP contribution is 2.28. The number of halogens is 1. The normalized spacial score (nSPS) is 10.6. The minimum absolute atomic E-state index is 0.0797. The highest BCUT2D eigenvalue weighted by Gasteiger charge is 2.10. The van der Waals surface area contributed by atoms with Gasteiger partial charge in [-0.25, -0.2) is 4.98 Å². The topological polar surface area (TPSA) is 60.5 Å². The molecule has 0 atom stereocenters. The van der Waals surface area contributed by atoms with Gasteiger partial charge in [0.2, 0.25) is 0 Å². The van der Waals surface area contributed by atoms with E-state index in [4.69, 9.17) is 9.47 Å². The van der Waals surface area contributed by atoms with E-state index < -0.39 is 0 Å². The van der Waals surface area contributed by atoms with Gasteiger partial charge in [0, 0.05) is 10.9 Å². The molecule has 29 heavy (non-hydrogen) atoms. The summed E-state index contributed by atoms with van der Waals surface area (Å²) in [6, 6.07) is 13.7. The summed E-state index contributed by atoms with van der Waals surface area (Å²) < 4.78 is 11.9. The molecule has 0 radical (unpaired) electrons. The number of hydrogen-bond acceptors (Lipinski definition) is 5. The molecule has 0 bridgehead atoms. The lowest BCUT2D eigenvalue weighted by Gasteiger charge is -2.09. The van der Waals surface area contributed by atoms with Crippen molar-refractivity contribution in [1.29, 1.82) is 0 Å². The zero-order valence-corrected chi connectivity index (χ0v) is 18.8. The van der Waals surface area contributed by atoms with Crippen LogP contribution in [-0.2, 0) is 11.2 Å². The molecule has 0 saturated heterocycles. The summed E-state index contributed by atoms with van der Waals surface area (Å²) in [7, 11) is 0. The molecular formula is C22H23BrN2O3S. The molecule has 1 heterocycles. The first-order valence-corrected chi connectivity index (χ1v) is 11.2. The average Bonchev–Trinajstić information content (AvgIpc) is 3.17. The Morgan fingerprint density at radius 1 is 1.14 bits per heavy atom. The van der Waals surface area contributed by atoms with Crippen molar-refractivity contribution in [2.45, 2.75) is 26.7 Å².